The Labute approximate surface area is 169 Å². The average Bonchev–Trinajstić information content (AvgIpc) is 2.89. The third-order valence-corrected chi connectivity index (χ3v) is 6.64. The van der Waals surface area contributed by atoms with Gasteiger partial charge in [0.05, 0.1) is 11.6 Å². The first-order valence-electron chi connectivity index (χ1n) is 11.0. The molecule has 1 saturated carbocycles. The average molecular weight is 389 g/mol. The predicted octanol–water partition coefficient (Wildman–Crippen LogP) is 3.38. The Kier molecular flexibility index (Phi) is 7.13. The summed E-state index contributed by atoms with van der Waals surface area (Å²) in [6.45, 7) is 5.43. The van der Waals surface area contributed by atoms with E-state index < -0.39 is 0 Å². The van der Waals surface area contributed by atoms with Crippen molar-refractivity contribution in [3.63, 3.8) is 0 Å². The highest BCUT2D eigenvalue weighted by atomic mass is 16.2. The molecule has 0 aromatic carbocycles. The number of carbonyl (C=O) groups is 2. The van der Waals surface area contributed by atoms with Crippen molar-refractivity contribution in [1.82, 2.24) is 20.0 Å². The van der Waals surface area contributed by atoms with Crippen molar-refractivity contribution in [1.29, 1.82) is 0 Å². The lowest BCUT2D eigenvalue weighted by molar-refractivity contribution is -0.144. The minimum Gasteiger partial charge on any atom is -0.345 e. The fourth-order valence-corrected chi connectivity index (χ4v) is 4.85. The standard InChI is InChI=1S/C22H36N4O2/c1-16-20(17(2)24-23-16)11-8-14-25(3)22(28)18-12-13-21(27)26(15-18)19-9-6-4-5-7-10-19/h18-19H,4-15H2,1-3H3,(H,23,24). The van der Waals surface area contributed by atoms with Crippen LogP contribution in [0.3, 0.4) is 0 Å². The Morgan fingerprint density at radius 3 is 2.54 bits per heavy atom. The molecule has 6 nitrogen and oxygen atoms in total. The molecule has 0 spiro atoms. The molecule has 3 rings (SSSR count). The maximum absolute atomic E-state index is 13.0. The van der Waals surface area contributed by atoms with Crippen LogP contribution in [-0.4, -0.2) is 58.0 Å². The third kappa shape index (κ3) is 4.95. The SMILES string of the molecule is Cc1n[nH]c(C)c1CCCN(C)C(=O)C1CCC(=O)N(C2CCCCCC2)C1. The second-order valence-electron chi connectivity index (χ2n) is 8.70. The molecule has 1 aromatic heterocycles. The molecule has 0 radical (unpaired) electrons. The molecule has 156 valence electrons. The molecule has 6 heteroatoms. The summed E-state index contributed by atoms with van der Waals surface area (Å²) in [5.74, 6) is 0.416. The van der Waals surface area contributed by atoms with E-state index in [0.717, 1.165) is 43.6 Å². The van der Waals surface area contributed by atoms with E-state index in [4.69, 9.17) is 0 Å². The number of hydrogen-bond donors (Lipinski definition) is 1. The van der Waals surface area contributed by atoms with E-state index in [-0.39, 0.29) is 17.7 Å². The molecule has 1 aliphatic heterocycles. The summed E-state index contributed by atoms with van der Waals surface area (Å²) in [6.07, 6.45) is 10.3. The summed E-state index contributed by atoms with van der Waals surface area (Å²) in [5, 5.41) is 7.27. The van der Waals surface area contributed by atoms with Crippen molar-refractivity contribution >= 4 is 11.8 Å². The Balaban J connectivity index is 1.51. The second-order valence-corrected chi connectivity index (χ2v) is 8.70. The van der Waals surface area contributed by atoms with Gasteiger partial charge in [-0.25, -0.2) is 0 Å². The van der Waals surface area contributed by atoms with Gasteiger partial charge in [-0.2, -0.15) is 5.10 Å². The minimum absolute atomic E-state index is 0.0386. The summed E-state index contributed by atoms with van der Waals surface area (Å²) in [7, 11) is 1.91. The van der Waals surface area contributed by atoms with Gasteiger partial charge in [-0.1, -0.05) is 25.7 Å². The van der Waals surface area contributed by atoms with E-state index in [9.17, 15) is 9.59 Å². The van der Waals surface area contributed by atoms with Crippen LogP contribution in [0.4, 0.5) is 0 Å². The number of aryl methyl sites for hydroxylation is 2. The van der Waals surface area contributed by atoms with Gasteiger partial charge in [0.25, 0.3) is 0 Å². The third-order valence-electron chi connectivity index (χ3n) is 6.64. The largest absolute Gasteiger partial charge is 0.345 e. The number of piperidine rings is 1. The van der Waals surface area contributed by atoms with E-state index in [2.05, 4.69) is 10.2 Å². The molecule has 1 N–H and O–H groups in total. The Morgan fingerprint density at radius 1 is 1.18 bits per heavy atom. The zero-order valence-corrected chi connectivity index (χ0v) is 17.8. The molecular formula is C22H36N4O2. The van der Waals surface area contributed by atoms with E-state index >= 15 is 0 Å². The minimum atomic E-state index is -0.0386. The zero-order chi connectivity index (χ0) is 20.1. The quantitative estimate of drug-likeness (QED) is 0.760. The van der Waals surface area contributed by atoms with E-state index in [1.54, 1.807) is 0 Å². The molecule has 2 fully saturated rings. The van der Waals surface area contributed by atoms with Gasteiger partial charge in [0.15, 0.2) is 0 Å². The zero-order valence-electron chi connectivity index (χ0n) is 17.8. The Hall–Kier alpha value is -1.85. The Bertz CT molecular complexity index is 657. The van der Waals surface area contributed by atoms with Crippen molar-refractivity contribution in [3.05, 3.63) is 17.0 Å². The summed E-state index contributed by atoms with van der Waals surface area (Å²) < 4.78 is 0. The van der Waals surface area contributed by atoms with Crippen molar-refractivity contribution in [2.75, 3.05) is 20.1 Å². The number of nitrogens with one attached hydrogen (secondary N) is 1. The molecule has 0 bridgehead atoms. The van der Waals surface area contributed by atoms with Crippen molar-refractivity contribution in [2.45, 2.75) is 84.1 Å². The number of aromatic amines is 1. The monoisotopic (exact) mass is 388 g/mol. The molecule has 28 heavy (non-hydrogen) atoms. The lowest BCUT2D eigenvalue weighted by Gasteiger charge is -2.38. The van der Waals surface area contributed by atoms with Gasteiger partial charge in [0.1, 0.15) is 0 Å². The lowest BCUT2D eigenvalue weighted by Crippen LogP contribution is -2.50. The number of aromatic nitrogens is 2. The summed E-state index contributed by atoms with van der Waals surface area (Å²) in [5.41, 5.74) is 3.44. The van der Waals surface area contributed by atoms with Gasteiger partial charge in [0.2, 0.25) is 11.8 Å². The van der Waals surface area contributed by atoms with Gasteiger partial charge in [0, 0.05) is 38.3 Å². The molecule has 2 heterocycles. The summed E-state index contributed by atoms with van der Waals surface area (Å²) in [6, 6.07) is 0.350. The van der Waals surface area contributed by atoms with E-state index in [0.29, 0.717) is 25.4 Å². The van der Waals surface area contributed by atoms with Crippen LogP contribution in [0.5, 0.6) is 0 Å². The molecular weight excluding hydrogens is 352 g/mol. The molecule has 2 amide bonds. The lowest BCUT2D eigenvalue weighted by atomic mass is 9.93. The first kappa shape index (κ1) is 20.9. The number of hydrogen-bond acceptors (Lipinski definition) is 3. The second kappa shape index (κ2) is 9.57. The number of H-pyrrole nitrogens is 1. The van der Waals surface area contributed by atoms with Crippen molar-refractivity contribution in [2.24, 2.45) is 5.92 Å². The van der Waals surface area contributed by atoms with E-state index in [1.165, 1.54) is 31.2 Å². The first-order chi connectivity index (χ1) is 13.5. The summed E-state index contributed by atoms with van der Waals surface area (Å²) >= 11 is 0. The molecule has 1 saturated heterocycles. The van der Waals surface area contributed by atoms with Crippen LogP contribution in [0.15, 0.2) is 0 Å². The van der Waals surface area contributed by atoms with E-state index in [1.807, 2.05) is 30.7 Å². The normalized spacial score (nSPS) is 21.6. The number of carbonyl (C=O) groups excluding carboxylic acids is 2. The first-order valence-corrected chi connectivity index (χ1v) is 11.0. The number of rotatable bonds is 6. The van der Waals surface area contributed by atoms with Crippen LogP contribution in [-0.2, 0) is 16.0 Å². The highest BCUT2D eigenvalue weighted by molar-refractivity contribution is 5.84. The van der Waals surface area contributed by atoms with Crippen LogP contribution in [0.2, 0.25) is 0 Å². The number of likely N-dealkylation sites (tertiary alicyclic amines) is 1. The highest BCUT2D eigenvalue weighted by Gasteiger charge is 2.35. The Morgan fingerprint density at radius 2 is 1.89 bits per heavy atom. The number of amides is 2. The van der Waals surface area contributed by atoms with Crippen LogP contribution < -0.4 is 0 Å². The predicted molar refractivity (Wildman–Crippen MR) is 110 cm³/mol. The molecule has 1 unspecified atom stereocenters. The van der Waals surface area contributed by atoms with Gasteiger partial charge in [-0.05, 0) is 51.5 Å². The molecule has 1 atom stereocenters. The van der Waals surface area contributed by atoms with Gasteiger partial charge in [-0.15, -0.1) is 0 Å². The molecule has 1 aliphatic carbocycles. The molecule has 2 aliphatic rings. The number of nitrogens with zero attached hydrogens (tertiary/aromatic N) is 3. The van der Waals surface area contributed by atoms with Crippen LogP contribution in [0.25, 0.3) is 0 Å². The fourth-order valence-electron chi connectivity index (χ4n) is 4.85. The van der Waals surface area contributed by atoms with Crippen LogP contribution >= 0.6 is 0 Å². The smallest absolute Gasteiger partial charge is 0.227 e. The van der Waals surface area contributed by atoms with Gasteiger partial charge >= 0.3 is 0 Å². The van der Waals surface area contributed by atoms with Crippen molar-refractivity contribution in [3.8, 4) is 0 Å². The van der Waals surface area contributed by atoms with Crippen LogP contribution in [0.1, 0.15) is 74.7 Å². The molecule has 1 aromatic rings. The topological polar surface area (TPSA) is 69.3 Å². The van der Waals surface area contributed by atoms with Gasteiger partial charge < -0.3 is 9.80 Å². The maximum atomic E-state index is 13.0. The fraction of sp³-hybridized carbons (Fsp3) is 0.773. The summed E-state index contributed by atoms with van der Waals surface area (Å²) in [4.78, 5) is 29.4. The maximum Gasteiger partial charge on any atom is 0.227 e. The van der Waals surface area contributed by atoms with Gasteiger partial charge in [-0.3, -0.25) is 14.7 Å². The van der Waals surface area contributed by atoms with Crippen molar-refractivity contribution < 1.29 is 9.59 Å². The van der Waals surface area contributed by atoms with Crippen LogP contribution in [0, 0.1) is 19.8 Å². The highest BCUT2D eigenvalue weighted by Crippen LogP contribution is 2.28.